The summed E-state index contributed by atoms with van der Waals surface area (Å²) in [6.07, 6.45) is -3.00. The van der Waals surface area contributed by atoms with Crippen LogP contribution >= 0.6 is 11.6 Å². The standard InChI is InChI=1S/C44H44ClF3N10O4/c1-6-34-37(55-16-18-56(19-17-55)40(60)36-38(26(2)49-25-50-36)62-24-27-10-8-7-9-11-27)41(61)58-42(52-39(53-58)28-12-14-31-29(20-28)22-54(5)43(31,3)4)57(34)23-35(59)51-33-15-13-30(21-32(33)45)44(46,47)48/h7-15,20-21,25H,6,16-19,22-24H2,1-5H3,(H,51,59). The number of halogens is 4. The van der Waals surface area contributed by atoms with E-state index in [2.05, 4.69) is 41.1 Å². The van der Waals surface area contributed by atoms with Crippen LogP contribution in [-0.2, 0) is 42.6 Å². The normalized spacial score (nSPS) is 15.2. The summed E-state index contributed by atoms with van der Waals surface area (Å²) in [6.45, 7) is 9.43. The number of nitrogens with one attached hydrogen (secondary N) is 1. The van der Waals surface area contributed by atoms with Crippen LogP contribution in [0, 0.1) is 6.92 Å². The van der Waals surface area contributed by atoms with Gasteiger partial charge in [0.2, 0.25) is 11.7 Å². The first kappa shape index (κ1) is 42.4. The number of rotatable bonds is 10. The average Bonchev–Trinajstić information content (AvgIpc) is 3.80. The molecule has 2 amide bonds. The Balaban J connectivity index is 1.12. The van der Waals surface area contributed by atoms with Crippen LogP contribution in [0.3, 0.4) is 0 Å². The number of nitrogens with zero attached hydrogens (tertiary/aromatic N) is 9. The Morgan fingerprint density at radius 3 is 2.42 bits per heavy atom. The Morgan fingerprint density at radius 1 is 0.984 bits per heavy atom. The third kappa shape index (κ3) is 7.97. The first-order chi connectivity index (χ1) is 29.5. The predicted octanol–water partition coefficient (Wildman–Crippen LogP) is 6.75. The molecule has 0 atom stereocenters. The molecule has 3 aromatic carbocycles. The van der Waals surface area contributed by atoms with Gasteiger partial charge < -0.3 is 24.4 Å². The highest BCUT2D eigenvalue weighted by Crippen LogP contribution is 2.39. The van der Waals surface area contributed by atoms with Gasteiger partial charge in [0.25, 0.3) is 11.5 Å². The summed E-state index contributed by atoms with van der Waals surface area (Å²) in [7, 11) is 2.05. The Morgan fingerprint density at radius 2 is 1.73 bits per heavy atom. The summed E-state index contributed by atoms with van der Waals surface area (Å²) >= 11 is 6.21. The summed E-state index contributed by atoms with van der Waals surface area (Å²) < 4.78 is 49.0. The van der Waals surface area contributed by atoms with E-state index in [4.69, 9.17) is 26.4 Å². The van der Waals surface area contributed by atoms with Crippen molar-refractivity contribution in [3.63, 3.8) is 0 Å². The van der Waals surface area contributed by atoms with Crippen LogP contribution in [0.15, 0.2) is 77.9 Å². The third-order valence-electron chi connectivity index (χ3n) is 11.7. The van der Waals surface area contributed by atoms with Crippen molar-refractivity contribution in [1.29, 1.82) is 0 Å². The molecule has 6 aromatic rings. The molecule has 1 saturated heterocycles. The lowest BCUT2D eigenvalue weighted by Crippen LogP contribution is -2.51. The molecule has 2 aliphatic heterocycles. The summed E-state index contributed by atoms with van der Waals surface area (Å²) in [5.74, 6) is -0.288. The largest absolute Gasteiger partial charge is 0.485 e. The van der Waals surface area contributed by atoms with Crippen LogP contribution in [0.1, 0.15) is 64.9 Å². The van der Waals surface area contributed by atoms with Crippen LogP contribution < -0.4 is 20.5 Å². The van der Waals surface area contributed by atoms with E-state index in [1.54, 1.807) is 16.4 Å². The van der Waals surface area contributed by atoms with E-state index in [-0.39, 0.29) is 84.5 Å². The monoisotopic (exact) mass is 868 g/mol. The number of hydrogen-bond donors (Lipinski definition) is 1. The second-order valence-electron chi connectivity index (χ2n) is 15.9. The number of ether oxygens (including phenoxy) is 1. The molecular formula is C44H44ClF3N10O4. The molecule has 3 aromatic heterocycles. The fraction of sp³-hybridized carbons (Fsp3) is 0.341. The van der Waals surface area contributed by atoms with Crippen molar-refractivity contribution in [3.05, 3.63) is 128 Å². The van der Waals surface area contributed by atoms with Crippen molar-refractivity contribution in [2.45, 2.75) is 65.5 Å². The van der Waals surface area contributed by atoms with Gasteiger partial charge in [-0.15, -0.1) is 5.10 Å². The van der Waals surface area contributed by atoms with Crippen LogP contribution in [0.5, 0.6) is 5.75 Å². The zero-order valence-corrected chi connectivity index (χ0v) is 35.5. The van der Waals surface area contributed by atoms with Crippen molar-refractivity contribution in [2.75, 3.05) is 43.4 Å². The zero-order chi connectivity index (χ0) is 44.1. The van der Waals surface area contributed by atoms with Crippen molar-refractivity contribution in [3.8, 4) is 17.1 Å². The molecule has 0 radical (unpaired) electrons. The van der Waals surface area contributed by atoms with Crippen molar-refractivity contribution in [2.24, 2.45) is 0 Å². The molecule has 1 fully saturated rings. The average molecular weight is 869 g/mol. The second kappa shape index (κ2) is 16.5. The highest BCUT2D eigenvalue weighted by molar-refractivity contribution is 6.33. The highest BCUT2D eigenvalue weighted by atomic mass is 35.5. The summed E-state index contributed by atoms with van der Waals surface area (Å²) in [6, 6.07) is 18.2. The first-order valence-electron chi connectivity index (χ1n) is 20.1. The van der Waals surface area contributed by atoms with Crippen molar-refractivity contribution < 1.29 is 27.5 Å². The number of anilines is 2. The highest BCUT2D eigenvalue weighted by Gasteiger charge is 2.36. The smallest absolute Gasteiger partial charge is 0.416 e. The van der Waals surface area contributed by atoms with Gasteiger partial charge in [0, 0.05) is 43.8 Å². The van der Waals surface area contributed by atoms with E-state index in [9.17, 15) is 27.6 Å². The minimum atomic E-state index is -4.62. The first-order valence-corrected chi connectivity index (χ1v) is 20.5. The predicted molar refractivity (Wildman–Crippen MR) is 227 cm³/mol. The lowest BCUT2D eigenvalue weighted by Gasteiger charge is -2.36. The van der Waals surface area contributed by atoms with Gasteiger partial charge in [-0.25, -0.2) is 9.97 Å². The maximum absolute atomic E-state index is 14.6. The number of carbonyl (C=O) groups excluding carboxylic acids is 2. The minimum absolute atomic E-state index is 0.0125. The van der Waals surface area contributed by atoms with Crippen LogP contribution in [0.2, 0.25) is 5.02 Å². The second-order valence-corrected chi connectivity index (χ2v) is 16.3. The molecule has 0 saturated carbocycles. The molecule has 0 aliphatic carbocycles. The van der Waals surface area contributed by atoms with Crippen molar-refractivity contribution in [1.82, 2.24) is 38.9 Å². The van der Waals surface area contributed by atoms with Gasteiger partial charge in [0.05, 0.1) is 27.7 Å². The van der Waals surface area contributed by atoms with Gasteiger partial charge >= 0.3 is 6.18 Å². The van der Waals surface area contributed by atoms with E-state index >= 15 is 0 Å². The molecule has 0 bridgehead atoms. The van der Waals surface area contributed by atoms with Gasteiger partial charge in [0.1, 0.15) is 25.2 Å². The molecule has 322 valence electrons. The van der Waals surface area contributed by atoms with E-state index in [0.717, 1.165) is 29.3 Å². The molecule has 5 heterocycles. The van der Waals surface area contributed by atoms with Crippen LogP contribution in [0.4, 0.5) is 24.5 Å². The van der Waals surface area contributed by atoms with Crippen molar-refractivity contribution >= 4 is 40.6 Å². The number of fused-ring (bicyclic) bond motifs is 2. The van der Waals surface area contributed by atoms with E-state index in [1.807, 2.05) is 60.4 Å². The van der Waals surface area contributed by atoms with E-state index < -0.39 is 23.2 Å². The number of aryl methyl sites for hydroxylation is 1. The molecular weight excluding hydrogens is 825 g/mol. The van der Waals surface area contributed by atoms with Gasteiger partial charge in [-0.3, -0.25) is 19.3 Å². The number of benzene rings is 3. The molecule has 0 spiro atoms. The number of amides is 2. The number of hydrogen-bond acceptors (Lipinski definition) is 10. The zero-order valence-electron chi connectivity index (χ0n) is 34.8. The van der Waals surface area contributed by atoms with Gasteiger partial charge in [-0.05, 0) is 75.2 Å². The molecule has 0 unspecified atom stereocenters. The Labute approximate surface area is 359 Å². The van der Waals surface area contributed by atoms with E-state index in [1.165, 1.54) is 16.4 Å². The molecule has 2 aliphatic rings. The number of carbonyl (C=O) groups is 2. The van der Waals surface area contributed by atoms with Crippen LogP contribution in [-0.4, -0.2) is 84.0 Å². The maximum atomic E-state index is 14.6. The molecule has 18 heteroatoms. The lowest BCUT2D eigenvalue weighted by atomic mass is 9.93. The number of alkyl halides is 3. The third-order valence-corrected chi connectivity index (χ3v) is 12.0. The summed E-state index contributed by atoms with van der Waals surface area (Å²) in [5.41, 5.74) is 3.69. The van der Waals surface area contributed by atoms with Crippen LogP contribution in [0.25, 0.3) is 17.2 Å². The quantitative estimate of drug-likeness (QED) is 0.157. The summed E-state index contributed by atoms with van der Waals surface area (Å²) in [5, 5.41) is 7.05. The molecule has 1 N–H and O–H groups in total. The Hall–Kier alpha value is -6.33. The Kier molecular flexibility index (Phi) is 11.3. The lowest BCUT2D eigenvalue weighted by molar-refractivity contribution is -0.137. The topological polar surface area (TPSA) is 143 Å². The Bertz CT molecular complexity index is 2770. The minimum Gasteiger partial charge on any atom is -0.485 e. The molecule has 8 rings (SSSR count). The van der Waals surface area contributed by atoms with E-state index in [0.29, 0.717) is 35.7 Å². The molecule has 62 heavy (non-hydrogen) atoms. The summed E-state index contributed by atoms with van der Waals surface area (Å²) in [4.78, 5) is 61.6. The number of piperazine rings is 1. The number of aromatic nitrogens is 6. The van der Waals surface area contributed by atoms with Gasteiger partial charge in [-0.1, -0.05) is 61.0 Å². The maximum Gasteiger partial charge on any atom is 0.416 e. The van der Waals surface area contributed by atoms with Gasteiger partial charge in [0.15, 0.2) is 17.3 Å². The fourth-order valence-electron chi connectivity index (χ4n) is 8.10. The SMILES string of the molecule is CCc1c(N2CCN(C(=O)c3ncnc(C)c3OCc3ccccc3)CC2)c(=O)n2nc(-c3ccc4c(c3)CN(C)C4(C)C)nc2n1CC(=O)Nc1ccc(C(F)(F)F)cc1Cl. The van der Waals surface area contributed by atoms with Gasteiger partial charge in [-0.2, -0.15) is 22.7 Å². The fourth-order valence-corrected chi connectivity index (χ4v) is 8.32. The molecule has 14 nitrogen and oxygen atoms in total.